The third-order valence-corrected chi connectivity index (χ3v) is 5.56. The SMILES string of the molecule is COc1cccc(CN2CCN(CCc3ccccc3)[C@@H](CCO)C2)c1OC. The molecule has 1 aliphatic heterocycles. The van der Waals surface area contributed by atoms with Gasteiger partial charge in [-0.1, -0.05) is 42.5 Å². The number of hydrogen-bond donors (Lipinski definition) is 1. The molecule has 0 radical (unpaired) electrons. The minimum absolute atomic E-state index is 0.225. The van der Waals surface area contributed by atoms with E-state index in [9.17, 15) is 5.11 Å². The maximum Gasteiger partial charge on any atom is 0.165 e. The first-order chi connectivity index (χ1) is 13.7. The van der Waals surface area contributed by atoms with Crippen LogP contribution in [-0.4, -0.2) is 68.0 Å². The Hall–Kier alpha value is -2.08. The molecule has 1 N–H and O–H groups in total. The van der Waals surface area contributed by atoms with Crippen LogP contribution < -0.4 is 9.47 Å². The van der Waals surface area contributed by atoms with Crippen molar-refractivity contribution in [3.63, 3.8) is 0 Å². The van der Waals surface area contributed by atoms with Gasteiger partial charge < -0.3 is 14.6 Å². The maximum absolute atomic E-state index is 9.57. The summed E-state index contributed by atoms with van der Waals surface area (Å²) in [6, 6.07) is 17.0. The first-order valence-corrected chi connectivity index (χ1v) is 10.1. The van der Waals surface area contributed by atoms with Crippen molar-refractivity contribution in [2.24, 2.45) is 0 Å². The smallest absolute Gasteiger partial charge is 0.165 e. The molecule has 2 aromatic carbocycles. The van der Waals surface area contributed by atoms with Crippen LogP contribution in [-0.2, 0) is 13.0 Å². The number of methoxy groups -OCH3 is 2. The zero-order valence-electron chi connectivity index (χ0n) is 17.0. The summed E-state index contributed by atoms with van der Waals surface area (Å²) in [6.07, 6.45) is 1.85. The number of piperazine rings is 1. The van der Waals surface area contributed by atoms with E-state index >= 15 is 0 Å². The minimum atomic E-state index is 0.225. The molecule has 0 aliphatic carbocycles. The highest BCUT2D eigenvalue weighted by molar-refractivity contribution is 5.46. The molecule has 0 bridgehead atoms. The van der Waals surface area contributed by atoms with E-state index in [1.165, 1.54) is 5.56 Å². The lowest BCUT2D eigenvalue weighted by Crippen LogP contribution is -2.53. The summed E-state index contributed by atoms with van der Waals surface area (Å²) >= 11 is 0. The first kappa shape index (κ1) is 20.6. The number of nitrogens with zero attached hydrogens (tertiary/aromatic N) is 2. The Morgan fingerprint density at radius 3 is 2.54 bits per heavy atom. The molecule has 1 fully saturated rings. The van der Waals surface area contributed by atoms with Gasteiger partial charge in [0.25, 0.3) is 0 Å². The molecule has 0 aromatic heterocycles. The number of hydrogen-bond acceptors (Lipinski definition) is 5. The Balaban J connectivity index is 1.62. The van der Waals surface area contributed by atoms with Crippen molar-refractivity contribution in [3.05, 3.63) is 59.7 Å². The molecule has 28 heavy (non-hydrogen) atoms. The van der Waals surface area contributed by atoms with Crippen molar-refractivity contribution < 1.29 is 14.6 Å². The van der Waals surface area contributed by atoms with Crippen molar-refractivity contribution >= 4 is 0 Å². The lowest BCUT2D eigenvalue weighted by Gasteiger charge is -2.41. The fourth-order valence-electron chi connectivity index (χ4n) is 4.05. The van der Waals surface area contributed by atoms with Crippen LogP contribution in [0.4, 0.5) is 0 Å². The van der Waals surface area contributed by atoms with Crippen LogP contribution >= 0.6 is 0 Å². The Kier molecular flexibility index (Phi) is 7.71. The van der Waals surface area contributed by atoms with E-state index in [0.717, 1.165) is 62.6 Å². The molecule has 1 saturated heterocycles. The standard InChI is InChI=1S/C23H32N2O3/c1-27-22-10-6-9-20(23(22)28-2)17-24-14-15-25(21(18-24)12-16-26)13-11-19-7-4-3-5-8-19/h3-10,21,26H,11-18H2,1-2H3/t21-/m0/s1. The number of rotatable bonds is 9. The second-order valence-electron chi connectivity index (χ2n) is 7.33. The highest BCUT2D eigenvalue weighted by Crippen LogP contribution is 2.32. The van der Waals surface area contributed by atoms with Gasteiger partial charge >= 0.3 is 0 Å². The molecule has 5 nitrogen and oxygen atoms in total. The third-order valence-electron chi connectivity index (χ3n) is 5.56. The number of benzene rings is 2. The molecule has 3 rings (SSSR count). The number of para-hydroxylation sites is 1. The van der Waals surface area contributed by atoms with E-state index in [0.29, 0.717) is 6.04 Å². The molecular formula is C23H32N2O3. The van der Waals surface area contributed by atoms with E-state index < -0.39 is 0 Å². The number of aliphatic hydroxyl groups excluding tert-OH is 1. The zero-order chi connectivity index (χ0) is 19.8. The van der Waals surface area contributed by atoms with Crippen molar-refractivity contribution in [3.8, 4) is 11.5 Å². The van der Waals surface area contributed by atoms with Gasteiger partial charge in [-0.2, -0.15) is 0 Å². The van der Waals surface area contributed by atoms with Gasteiger partial charge in [0.2, 0.25) is 0 Å². The highest BCUT2D eigenvalue weighted by atomic mass is 16.5. The van der Waals surface area contributed by atoms with E-state index in [2.05, 4.69) is 46.2 Å². The van der Waals surface area contributed by atoms with Gasteiger partial charge in [-0.3, -0.25) is 9.80 Å². The molecule has 2 aromatic rings. The summed E-state index contributed by atoms with van der Waals surface area (Å²) in [5.74, 6) is 1.59. The molecule has 1 heterocycles. The van der Waals surface area contributed by atoms with Gasteiger partial charge in [0.05, 0.1) is 14.2 Å². The number of ether oxygens (including phenoxy) is 2. The minimum Gasteiger partial charge on any atom is -0.493 e. The van der Waals surface area contributed by atoms with Gasteiger partial charge in [-0.25, -0.2) is 0 Å². The monoisotopic (exact) mass is 384 g/mol. The van der Waals surface area contributed by atoms with Crippen LogP contribution in [0.5, 0.6) is 11.5 Å². The fourth-order valence-corrected chi connectivity index (χ4v) is 4.05. The second-order valence-corrected chi connectivity index (χ2v) is 7.33. The molecular weight excluding hydrogens is 352 g/mol. The average molecular weight is 385 g/mol. The molecule has 1 atom stereocenters. The lowest BCUT2D eigenvalue weighted by atomic mass is 10.1. The summed E-state index contributed by atoms with van der Waals surface area (Å²) in [4.78, 5) is 4.99. The normalized spacial score (nSPS) is 18.2. The van der Waals surface area contributed by atoms with Gasteiger partial charge in [-0.05, 0) is 24.5 Å². The molecule has 0 spiro atoms. The Labute approximate surface area is 168 Å². The van der Waals surface area contributed by atoms with Gasteiger partial charge in [0.15, 0.2) is 11.5 Å². The third kappa shape index (κ3) is 5.25. The van der Waals surface area contributed by atoms with E-state index in [1.54, 1.807) is 14.2 Å². The molecule has 0 saturated carbocycles. The first-order valence-electron chi connectivity index (χ1n) is 10.1. The van der Waals surface area contributed by atoms with Gasteiger partial charge in [-0.15, -0.1) is 0 Å². The van der Waals surface area contributed by atoms with Crippen LogP contribution in [0.2, 0.25) is 0 Å². The summed E-state index contributed by atoms with van der Waals surface area (Å²) in [7, 11) is 3.36. The second kappa shape index (κ2) is 10.5. The highest BCUT2D eigenvalue weighted by Gasteiger charge is 2.27. The van der Waals surface area contributed by atoms with E-state index in [4.69, 9.17) is 9.47 Å². The van der Waals surface area contributed by atoms with Gasteiger partial charge in [0, 0.05) is 50.9 Å². The fraction of sp³-hybridized carbons (Fsp3) is 0.478. The molecule has 1 aliphatic rings. The summed E-state index contributed by atoms with van der Waals surface area (Å²) in [5, 5.41) is 9.57. The Morgan fingerprint density at radius 1 is 1.00 bits per heavy atom. The summed E-state index contributed by atoms with van der Waals surface area (Å²) in [6.45, 7) is 5.07. The zero-order valence-corrected chi connectivity index (χ0v) is 17.0. The predicted octanol–water partition coefficient (Wildman–Crippen LogP) is 2.82. The molecule has 0 amide bonds. The molecule has 5 heteroatoms. The van der Waals surface area contributed by atoms with Crippen LogP contribution in [0, 0.1) is 0 Å². The predicted molar refractivity (Wildman–Crippen MR) is 112 cm³/mol. The van der Waals surface area contributed by atoms with Crippen molar-refractivity contribution in [2.75, 3.05) is 47.0 Å². The van der Waals surface area contributed by atoms with Crippen LogP contribution in [0.3, 0.4) is 0 Å². The molecule has 0 unspecified atom stereocenters. The summed E-state index contributed by atoms with van der Waals surface area (Å²) < 4.78 is 11.0. The van der Waals surface area contributed by atoms with Crippen LogP contribution in [0.1, 0.15) is 17.5 Å². The van der Waals surface area contributed by atoms with Crippen LogP contribution in [0.15, 0.2) is 48.5 Å². The van der Waals surface area contributed by atoms with Crippen molar-refractivity contribution in [1.82, 2.24) is 9.80 Å². The van der Waals surface area contributed by atoms with E-state index in [-0.39, 0.29) is 6.61 Å². The molecule has 152 valence electrons. The largest absolute Gasteiger partial charge is 0.493 e. The number of aliphatic hydroxyl groups is 1. The van der Waals surface area contributed by atoms with E-state index in [1.807, 2.05) is 12.1 Å². The maximum atomic E-state index is 9.57. The summed E-state index contributed by atoms with van der Waals surface area (Å²) in [5.41, 5.74) is 2.51. The van der Waals surface area contributed by atoms with Crippen molar-refractivity contribution in [2.45, 2.75) is 25.4 Å². The Bertz CT molecular complexity index is 723. The average Bonchev–Trinajstić information content (AvgIpc) is 2.74. The van der Waals surface area contributed by atoms with Gasteiger partial charge in [0.1, 0.15) is 0 Å². The van der Waals surface area contributed by atoms with Crippen LogP contribution in [0.25, 0.3) is 0 Å². The quantitative estimate of drug-likeness (QED) is 0.720. The van der Waals surface area contributed by atoms with Crippen molar-refractivity contribution in [1.29, 1.82) is 0 Å². The lowest BCUT2D eigenvalue weighted by molar-refractivity contribution is 0.0558. The topological polar surface area (TPSA) is 45.2 Å². The Morgan fingerprint density at radius 2 is 1.82 bits per heavy atom.